The molecule has 4 heteroatoms. The smallest absolute Gasteiger partial charge is 0.124 e. The highest BCUT2D eigenvalue weighted by Crippen LogP contribution is 2.30. The first-order valence-corrected chi connectivity index (χ1v) is 11.7. The zero-order chi connectivity index (χ0) is 22.3. The van der Waals surface area contributed by atoms with Crippen LogP contribution in [0.2, 0.25) is 10.0 Å². The molecule has 0 spiro atoms. The summed E-state index contributed by atoms with van der Waals surface area (Å²) in [5.41, 5.74) is 3.54. The Balaban J connectivity index is 1.47. The molecule has 0 saturated heterocycles. The van der Waals surface area contributed by atoms with Gasteiger partial charge in [0.1, 0.15) is 12.4 Å². The minimum atomic E-state index is 0.386. The van der Waals surface area contributed by atoms with E-state index in [1.54, 1.807) is 6.07 Å². The summed E-state index contributed by atoms with van der Waals surface area (Å²) in [6.07, 6.45) is 2.14. The summed E-state index contributed by atoms with van der Waals surface area (Å²) >= 11 is 12.2. The van der Waals surface area contributed by atoms with E-state index in [0.717, 1.165) is 30.7 Å². The van der Waals surface area contributed by atoms with Crippen LogP contribution in [0.25, 0.3) is 10.8 Å². The molecule has 0 bridgehead atoms. The molecular weight excluding hydrogens is 437 g/mol. The van der Waals surface area contributed by atoms with Gasteiger partial charge in [-0.1, -0.05) is 89.9 Å². The third kappa shape index (κ3) is 5.83. The van der Waals surface area contributed by atoms with Crippen molar-refractivity contribution < 1.29 is 4.74 Å². The molecule has 4 aromatic rings. The third-order valence-corrected chi connectivity index (χ3v) is 6.45. The average Bonchev–Trinajstić information content (AvgIpc) is 2.83. The summed E-state index contributed by atoms with van der Waals surface area (Å²) in [5, 5.41) is 7.21. The van der Waals surface area contributed by atoms with Crippen molar-refractivity contribution >= 4 is 34.0 Å². The lowest BCUT2D eigenvalue weighted by molar-refractivity contribution is 0.302. The van der Waals surface area contributed by atoms with Crippen LogP contribution in [0.15, 0.2) is 84.9 Å². The van der Waals surface area contributed by atoms with Crippen molar-refractivity contribution in [1.29, 1.82) is 0 Å². The van der Waals surface area contributed by atoms with E-state index in [4.69, 9.17) is 27.9 Å². The Kier molecular flexibility index (Phi) is 7.70. The molecule has 0 aliphatic carbocycles. The molecule has 0 radical (unpaired) electrons. The molecule has 0 aromatic heterocycles. The van der Waals surface area contributed by atoms with Crippen molar-refractivity contribution in [1.82, 2.24) is 5.32 Å². The molecule has 32 heavy (non-hydrogen) atoms. The fourth-order valence-electron chi connectivity index (χ4n) is 3.83. The largest absolute Gasteiger partial charge is 0.489 e. The first-order valence-electron chi connectivity index (χ1n) is 10.9. The second-order valence-corrected chi connectivity index (χ2v) is 8.92. The van der Waals surface area contributed by atoms with Gasteiger partial charge in [-0.3, -0.25) is 0 Å². The Morgan fingerprint density at radius 1 is 0.812 bits per heavy atom. The van der Waals surface area contributed by atoms with E-state index in [1.807, 2.05) is 12.1 Å². The predicted molar refractivity (Wildman–Crippen MR) is 136 cm³/mol. The van der Waals surface area contributed by atoms with Crippen molar-refractivity contribution in [3.63, 3.8) is 0 Å². The predicted octanol–water partition coefficient (Wildman–Crippen LogP) is 7.84. The van der Waals surface area contributed by atoms with E-state index < -0.39 is 0 Å². The Morgan fingerprint density at radius 2 is 1.59 bits per heavy atom. The van der Waals surface area contributed by atoms with Crippen LogP contribution in [0, 0.1) is 0 Å². The molecule has 0 saturated carbocycles. The SMILES string of the molecule is C[C@H](CCc1ccccc1)NCc1c(OCc2ccc(Cl)c(Cl)c2)ccc2ccccc12. The first kappa shape index (κ1) is 22.7. The molecular formula is C28H27Cl2NO. The van der Waals surface area contributed by atoms with Crippen molar-refractivity contribution in [3.05, 3.63) is 112 Å². The van der Waals surface area contributed by atoms with Crippen LogP contribution in [0.1, 0.15) is 30.0 Å². The van der Waals surface area contributed by atoms with Gasteiger partial charge in [-0.2, -0.15) is 0 Å². The lowest BCUT2D eigenvalue weighted by Gasteiger charge is -2.18. The number of nitrogens with one attached hydrogen (secondary N) is 1. The number of ether oxygens (including phenoxy) is 1. The van der Waals surface area contributed by atoms with Gasteiger partial charge >= 0.3 is 0 Å². The summed E-state index contributed by atoms with van der Waals surface area (Å²) in [5.74, 6) is 0.887. The Hall–Kier alpha value is -2.52. The van der Waals surface area contributed by atoms with Crippen LogP contribution in [-0.2, 0) is 19.6 Å². The summed E-state index contributed by atoms with van der Waals surface area (Å²) in [6.45, 7) is 3.42. The van der Waals surface area contributed by atoms with Gasteiger partial charge in [0.25, 0.3) is 0 Å². The van der Waals surface area contributed by atoms with Gasteiger partial charge in [0.05, 0.1) is 10.0 Å². The summed E-state index contributed by atoms with van der Waals surface area (Å²) < 4.78 is 6.25. The lowest BCUT2D eigenvalue weighted by atomic mass is 10.0. The Morgan fingerprint density at radius 3 is 2.41 bits per heavy atom. The van der Waals surface area contributed by atoms with Crippen LogP contribution in [0.3, 0.4) is 0 Å². The minimum absolute atomic E-state index is 0.386. The maximum absolute atomic E-state index is 6.25. The standard InChI is InChI=1S/C28H27Cl2NO/c1-20(11-12-21-7-3-2-4-8-21)31-18-25-24-10-6-5-9-23(24)14-16-28(25)32-19-22-13-15-26(29)27(30)17-22/h2-10,13-17,20,31H,11-12,18-19H2,1H3/t20-/m1/s1. The van der Waals surface area contributed by atoms with Gasteiger partial charge in [-0.05, 0) is 59.9 Å². The molecule has 0 amide bonds. The second-order valence-electron chi connectivity index (χ2n) is 8.11. The van der Waals surface area contributed by atoms with Gasteiger partial charge in [-0.15, -0.1) is 0 Å². The van der Waals surface area contributed by atoms with Crippen LogP contribution in [0.4, 0.5) is 0 Å². The average molecular weight is 464 g/mol. The van der Waals surface area contributed by atoms with Gasteiger partial charge in [0, 0.05) is 18.2 Å². The van der Waals surface area contributed by atoms with Crippen LogP contribution in [0.5, 0.6) is 5.75 Å². The van der Waals surface area contributed by atoms with Crippen molar-refractivity contribution in [2.45, 2.75) is 39.0 Å². The third-order valence-electron chi connectivity index (χ3n) is 5.71. The van der Waals surface area contributed by atoms with Crippen molar-refractivity contribution in [2.24, 2.45) is 0 Å². The molecule has 0 unspecified atom stereocenters. The highest BCUT2D eigenvalue weighted by atomic mass is 35.5. The van der Waals surface area contributed by atoms with E-state index in [1.165, 1.54) is 21.9 Å². The molecule has 0 heterocycles. The molecule has 0 aliphatic heterocycles. The van der Waals surface area contributed by atoms with Gasteiger partial charge in [-0.25, -0.2) is 0 Å². The number of benzene rings is 4. The summed E-state index contributed by atoms with van der Waals surface area (Å²) in [6, 6.07) is 29.2. The van der Waals surface area contributed by atoms with Crippen LogP contribution in [-0.4, -0.2) is 6.04 Å². The first-order chi connectivity index (χ1) is 15.6. The number of hydrogen-bond donors (Lipinski definition) is 1. The quantitative estimate of drug-likeness (QED) is 0.273. The Labute approximate surface area is 200 Å². The fourth-order valence-corrected chi connectivity index (χ4v) is 4.15. The van der Waals surface area contributed by atoms with E-state index in [0.29, 0.717) is 22.7 Å². The number of fused-ring (bicyclic) bond motifs is 1. The summed E-state index contributed by atoms with van der Waals surface area (Å²) in [4.78, 5) is 0. The molecule has 1 N–H and O–H groups in total. The molecule has 4 aromatic carbocycles. The van der Waals surface area contributed by atoms with Crippen LogP contribution < -0.4 is 10.1 Å². The topological polar surface area (TPSA) is 21.3 Å². The number of halogens is 2. The van der Waals surface area contributed by atoms with Crippen molar-refractivity contribution in [3.8, 4) is 5.75 Å². The zero-order valence-electron chi connectivity index (χ0n) is 18.2. The summed E-state index contributed by atoms with van der Waals surface area (Å²) in [7, 11) is 0. The maximum Gasteiger partial charge on any atom is 0.124 e. The van der Waals surface area contributed by atoms with E-state index >= 15 is 0 Å². The number of aryl methyl sites for hydroxylation is 1. The van der Waals surface area contributed by atoms with E-state index in [9.17, 15) is 0 Å². The van der Waals surface area contributed by atoms with E-state index in [2.05, 4.69) is 79.0 Å². The maximum atomic E-state index is 6.25. The highest BCUT2D eigenvalue weighted by molar-refractivity contribution is 6.42. The molecule has 1 atom stereocenters. The van der Waals surface area contributed by atoms with Gasteiger partial charge in [0.15, 0.2) is 0 Å². The zero-order valence-corrected chi connectivity index (χ0v) is 19.7. The van der Waals surface area contributed by atoms with Crippen molar-refractivity contribution in [2.75, 3.05) is 0 Å². The monoisotopic (exact) mass is 463 g/mol. The molecule has 4 rings (SSSR count). The molecule has 164 valence electrons. The Bertz CT molecular complexity index is 1180. The number of hydrogen-bond acceptors (Lipinski definition) is 2. The lowest BCUT2D eigenvalue weighted by Crippen LogP contribution is -2.26. The number of rotatable bonds is 9. The van der Waals surface area contributed by atoms with Gasteiger partial charge < -0.3 is 10.1 Å². The van der Waals surface area contributed by atoms with E-state index in [-0.39, 0.29) is 0 Å². The normalized spacial score (nSPS) is 12.1. The van der Waals surface area contributed by atoms with Crippen LogP contribution >= 0.6 is 23.2 Å². The van der Waals surface area contributed by atoms with Gasteiger partial charge in [0.2, 0.25) is 0 Å². The molecule has 2 nitrogen and oxygen atoms in total. The molecule has 0 fully saturated rings. The minimum Gasteiger partial charge on any atom is -0.489 e. The second kappa shape index (κ2) is 10.9. The fraction of sp³-hybridized carbons (Fsp3) is 0.214. The molecule has 0 aliphatic rings. The highest BCUT2D eigenvalue weighted by Gasteiger charge is 2.11.